The highest BCUT2D eigenvalue weighted by Crippen LogP contribution is 2.28. The predicted molar refractivity (Wildman–Crippen MR) is 79.7 cm³/mol. The Hall–Kier alpha value is -2.14. The third kappa shape index (κ3) is 3.49. The second kappa shape index (κ2) is 6.54. The van der Waals surface area contributed by atoms with E-state index < -0.39 is 6.10 Å². The summed E-state index contributed by atoms with van der Waals surface area (Å²) >= 11 is 0. The smallest absolute Gasteiger partial charge is 0.258 e. The minimum atomic E-state index is -0.579. The maximum absolute atomic E-state index is 12.5. The van der Waals surface area contributed by atoms with Crippen LogP contribution < -0.4 is 5.32 Å². The van der Waals surface area contributed by atoms with Crippen molar-refractivity contribution in [2.24, 2.45) is 0 Å². The van der Waals surface area contributed by atoms with E-state index in [1.807, 2.05) is 30.3 Å². The lowest BCUT2D eigenvalue weighted by Crippen LogP contribution is -2.26. The average Bonchev–Trinajstić information content (AvgIpc) is 3.19. The number of ether oxygens (including phenoxy) is 1. The highest BCUT2D eigenvalue weighted by Gasteiger charge is 2.27. The molecule has 3 rings (SSSR count). The number of amides is 1. The third-order valence-electron chi connectivity index (χ3n) is 3.74. The molecular weight excluding hydrogens is 266 g/mol. The molecule has 0 unspecified atom stereocenters. The Morgan fingerprint density at radius 1 is 1.29 bits per heavy atom. The fourth-order valence-electron chi connectivity index (χ4n) is 2.66. The van der Waals surface area contributed by atoms with Crippen molar-refractivity contribution in [2.45, 2.75) is 37.9 Å². The zero-order valence-electron chi connectivity index (χ0n) is 11.8. The van der Waals surface area contributed by atoms with Gasteiger partial charge in [0.15, 0.2) is 6.10 Å². The van der Waals surface area contributed by atoms with Crippen LogP contribution in [-0.4, -0.2) is 22.2 Å². The monoisotopic (exact) mass is 285 g/mol. The molecule has 1 atom stereocenters. The van der Waals surface area contributed by atoms with Crippen molar-refractivity contribution in [3.63, 3.8) is 0 Å². The molecule has 1 fully saturated rings. The van der Waals surface area contributed by atoms with Crippen molar-refractivity contribution < 1.29 is 9.53 Å². The van der Waals surface area contributed by atoms with E-state index in [0.29, 0.717) is 5.69 Å². The van der Waals surface area contributed by atoms with E-state index in [1.54, 1.807) is 12.4 Å². The Bertz CT molecular complexity index is 562. The van der Waals surface area contributed by atoms with Crippen molar-refractivity contribution in [3.8, 4) is 0 Å². The van der Waals surface area contributed by atoms with Gasteiger partial charge in [-0.1, -0.05) is 43.2 Å². The van der Waals surface area contributed by atoms with Crippen LogP contribution in [-0.2, 0) is 9.53 Å². The number of hydrogen-bond acceptors (Lipinski definition) is 3. The van der Waals surface area contributed by atoms with Gasteiger partial charge < -0.3 is 10.1 Å². The Kier molecular flexibility index (Phi) is 4.31. The van der Waals surface area contributed by atoms with Crippen LogP contribution in [0.25, 0.3) is 0 Å². The minimum Gasteiger partial charge on any atom is -0.360 e. The van der Waals surface area contributed by atoms with E-state index in [1.165, 1.54) is 12.8 Å². The molecule has 1 heterocycles. The highest BCUT2D eigenvalue weighted by atomic mass is 16.5. The molecule has 1 aromatic heterocycles. The van der Waals surface area contributed by atoms with Crippen molar-refractivity contribution in [1.29, 1.82) is 0 Å². The van der Waals surface area contributed by atoms with Gasteiger partial charge in [-0.05, 0) is 18.4 Å². The molecule has 0 radical (unpaired) electrons. The zero-order chi connectivity index (χ0) is 14.5. The maximum Gasteiger partial charge on any atom is 0.258 e. The average molecular weight is 285 g/mol. The Morgan fingerprint density at radius 2 is 2.05 bits per heavy atom. The molecule has 5 heteroatoms. The van der Waals surface area contributed by atoms with E-state index in [0.717, 1.165) is 18.4 Å². The number of aromatic amines is 1. The minimum absolute atomic E-state index is 0.158. The molecule has 21 heavy (non-hydrogen) atoms. The topological polar surface area (TPSA) is 67.0 Å². The first-order valence-corrected chi connectivity index (χ1v) is 7.33. The van der Waals surface area contributed by atoms with Gasteiger partial charge in [-0.3, -0.25) is 9.89 Å². The lowest BCUT2D eigenvalue weighted by atomic mass is 10.1. The fraction of sp³-hybridized carbons (Fsp3) is 0.375. The summed E-state index contributed by atoms with van der Waals surface area (Å²) < 4.78 is 6.07. The molecule has 0 saturated heterocycles. The number of benzene rings is 1. The van der Waals surface area contributed by atoms with Crippen LogP contribution in [0.5, 0.6) is 0 Å². The first-order chi connectivity index (χ1) is 10.3. The summed E-state index contributed by atoms with van der Waals surface area (Å²) in [6.07, 6.45) is 7.23. The quantitative estimate of drug-likeness (QED) is 0.887. The molecule has 110 valence electrons. The van der Waals surface area contributed by atoms with E-state index in [4.69, 9.17) is 4.74 Å². The van der Waals surface area contributed by atoms with E-state index in [-0.39, 0.29) is 12.0 Å². The van der Waals surface area contributed by atoms with Crippen LogP contribution in [0.2, 0.25) is 0 Å². The number of carbonyl (C=O) groups is 1. The summed E-state index contributed by atoms with van der Waals surface area (Å²) in [4.78, 5) is 12.5. The standard InChI is InChI=1S/C16H19N3O2/c20-16(19-13-10-17-18-11-13)15(12-6-2-1-3-7-12)21-14-8-4-5-9-14/h1-3,6-7,10-11,14-15H,4-5,8-9H2,(H,17,18)(H,19,20)/t15-/m1/s1. The molecular formula is C16H19N3O2. The Morgan fingerprint density at radius 3 is 2.71 bits per heavy atom. The largest absolute Gasteiger partial charge is 0.360 e. The molecule has 1 aliphatic rings. The summed E-state index contributed by atoms with van der Waals surface area (Å²) in [7, 11) is 0. The number of anilines is 1. The molecule has 0 spiro atoms. The fourth-order valence-corrected chi connectivity index (χ4v) is 2.66. The van der Waals surface area contributed by atoms with Gasteiger partial charge in [0, 0.05) is 6.20 Å². The summed E-state index contributed by atoms with van der Waals surface area (Å²) in [6.45, 7) is 0. The summed E-state index contributed by atoms with van der Waals surface area (Å²) in [6, 6.07) is 9.63. The first kappa shape index (κ1) is 13.8. The lowest BCUT2D eigenvalue weighted by molar-refractivity contribution is -0.131. The van der Waals surface area contributed by atoms with Gasteiger partial charge in [-0.15, -0.1) is 0 Å². The van der Waals surface area contributed by atoms with Crippen molar-refractivity contribution in [2.75, 3.05) is 5.32 Å². The van der Waals surface area contributed by atoms with Crippen molar-refractivity contribution >= 4 is 11.6 Å². The van der Waals surface area contributed by atoms with Gasteiger partial charge in [0.05, 0.1) is 18.0 Å². The normalized spacial score (nSPS) is 16.8. The summed E-state index contributed by atoms with van der Waals surface area (Å²) in [5.74, 6) is -0.158. The number of carbonyl (C=O) groups excluding carboxylic acids is 1. The van der Waals surface area contributed by atoms with Crippen LogP contribution in [0.4, 0.5) is 5.69 Å². The van der Waals surface area contributed by atoms with Crippen LogP contribution in [0.15, 0.2) is 42.7 Å². The number of nitrogens with zero attached hydrogens (tertiary/aromatic N) is 1. The second-order valence-corrected chi connectivity index (χ2v) is 5.31. The Labute approximate surface area is 123 Å². The van der Waals surface area contributed by atoms with Gasteiger partial charge in [0.25, 0.3) is 5.91 Å². The number of hydrogen-bond donors (Lipinski definition) is 2. The van der Waals surface area contributed by atoms with Crippen LogP contribution >= 0.6 is 0 Å². The van der Waals surface area contributed by atoms with Gasteiger partial charge in [-0.2, -0.15) is 5.10 Å². The molecule has 1 amide bonds. The Balaban J connectivity index is 1.75. The second-order valence-electron chi connectivity index (χ2n) is 5.31. The van der Waals surface area contributed by atoms with E-state index >= 15 is 0 Å². The predicted octanol–water partition coefficient (Wildman–Crippen LogP) is 3.05. The number of nitrogens with one attached hydrogen (secondary N) is 2. The van der Waals surface area contributed by atoms with Crippen LogP contribution in [0.1, 0.15) is 37.4 Å². The van der Waals surface area contributed by atoms with Crippen LogP contribution in [0.3, 0.4) is 0 Å². The van der Waals surface area contributed by atoms with E-state index in [2.05, 4.69) is 15.5 Å². The number of H-pyrrole nitrogens is 1. The molecule has 0 aliphatic heterocycles. The highest BCUT2D eigenvalue weighted by molar-refractivity contribution is 5.94. The maximum atomic E-state index is 12.5. The van der Waals surface area contributed by atoms with Gasteiger partial charge >= 0.3 is 0 Å². The van der Waals surface area contributed by atoms with Crippen molar-refractivity contribution in [1.82, 2.24) is 10.2 Å². The van der Waals surface area contributed by atoms with Gasteiger partial charge in [-0.25, -0.2) is 0 Å². The molecule has 1 aromatic carbocycles. The number of rotatable bonds is 5. The van der Waals surface area contributed by atoms with Crippen LogP contribution in [0, 0.1) is 0 Å². The summed E-state index contributed by atoms with van der Waals surface area (Å²) in [5, 5.41) is 9.35. The molecule has 2 aromatic rings. The SMILES string of the molecule is O=C(Nc1cn[nH]c1)[C@H](OC1CCCC1)c1ccccc1. The van der Waals surface area contributed by atoms with Gasteiger partial charge in [0.1, 0.15) is 0 Å². The molecule has 5 nitrogen and oxygen atoms in total. The summed E-state index contributed by atoms with van der Waals surface area (Å²) in [5.41, 5.74) is 1.53. The van der Waals surface area contributed by atoms with Gasteiger partial charge in [0.2, 0.25) is 0 Å². The number of aromatic nitrogens is 2. The lowest BCUT2D eigenvalue weighted by Gasteiger charge is -2.21. The molecule has 0 bridgehead atoms. The third-order valence-corrected chi connectivity index (χ3v) is 3.74. The first-order valence-electron chi connectivity index (χ1n) is 7.33. The zero-order valence-corrected chi connectivity index (χ0v) is 11.8. The van der Waals surface area contributed by atoms with E-state index in [9.17, 15) is 4.79 Å². The molecule has 1 aliphatic carbocycles. The van der Waals surface area contributed by atoms with Crippen molar-refractivity contribution in [3.05, 3.63) is 48.3 Å². The molecule has 2 N–H and O–H groups in total. The molecule has 1 saturated carbocycles.